The minimum Gasteiger partial charge on any atom is -0.507 e. The van der Waals surface area contributed by atoms with Gasteiger partial charge in [-0.1, -0.05) is 60.7 Å². The third kappa shape index (κ3) is 3.72. The first-order valence-electron chi connectivity index (χ1n) is 9.46. The summed E-state index contributed by atoms with van der Waals surface area (Å²) in [6, 6.07) is 20.0. The maximum Gasteiger partial charge on any atom is 0.312 e. The minimum absolute atomic E-state index is 0.0364. The fourth-order valence-corrected chi connectivity index (χ4v) is 3.78. The Morgan fingerprint density at radius 3 is 2.31 bits per heavy atom. The van der Waals surface area contributed by atoms with Crippen LogP contribution < -0.4 is 4.74 Å². The number of phenols is 2. The molecule has 0 fully saturated rings. The van der Waals surface area contributed by atoms with Gasteiger partial charge in [0.1, 0.15) is 17.1 Å². The molecule has 3 aromatic rings. The predicted octanol–water partition coefficient (Wildman–Crippen LogP) is 4.35. The molecule has 3 aromatic carbocycles. The van der Waals surface area contributed by atoms with Crippen LogP contribution in [0.1, 0.15) is 45.8 Å². The Hall–Kier alpha value is -3.60. The average molecular weight is 388 g/mol. The summed E-state index contributed by atoms with van der Waals surface area (Å²) in [5.41, 5.74) is 2.13. The van der Waals surface area contributed by atoms with E-state index in [0.717, 1.165) is 17.2 Å². The topological polar surface area (TPSA) is 83.8 Å². The highest BCUT2D eigenvalue weighted by molar-refractivity contribution is 6.03. The Morgan fingerprint density at radius 1 is 0.966 bits per heavy atom. The van der Waals surface area contributed by atoms with Crippen molar-refractivity contribution in [3.8, 4) is 17.2 Å². The number of benzene rings is 3. The number of carbonyl (C=O) groups is 2. The van der Waals surface area contributed by atoms with Gasteiger partial charge in [-0.15, -0.1) is 0 Å². The van der Waals surface area contributed by atoms with Crippen LogP contribution in [0.4, 0.5) is 0 Å². The molecule has 4 rings (SSSR count). The fraction of sp³-hybridized carbons (Fsp3) is 0.167. The van der Waals surface area contributed by atoms with Gasteiger partial charge < -0.3 is 14.9 Å². The average Bonchev–Trinajstić information content (AvgIpc) is 2.72. The van der Waals surface area contributed by atoms with Crippen molar-refractivity contribution in [1.29, 1.82) is 0 Å². The lowest BCUT2D eigenvalue weighted by Crippen LogP contribution is -2.23. The van der Waals surface area contributed by atoms with Gasteiger partial charge in [0.25, 0.3) is 0 Å². The predicted molar refractivity (Wildman–Crippen MR) is 107 cm³/mol. The second kappa shape index (κ2) is 7.80. The van der Waals surface area contributed by atoms with E-state index in [0.29, 0.717) is 12.0 Å². The van der Waals surface area contributed by atoms with Crippen LogP contribution in [0.3, 0.4) is 0 Å². The molecule has 0 bridgehead atoms. The van der Waals surface area contributed by atoms with Gasteiger partial charge in [-0.05, 0) is 17.5 Å². The highest BCUT2D eigenvalue weighted by Crippen LogP contribution is 2.48. The first kappa shape index (κ1) is 18.7. The number of hydrogen-bond donors (Lipinski definition) is 2. The molecule has 5 heteroatoms. The van der Waals surface area contributed by atoms with Crippen molar-refractivity contribution in [2.24, 2.45) is 0 Å². The summed E-state index contributed by atoms with van der Waals surface area (Å²) in [6.07, 6.45) is 0.681. The Kier molecular flexibility index (Phi) is 5.04. The van der Waals surface area contributed by atoms with E-state index >= 15 is 0 Å². The Labute approximate surface area is 168 Å². The molecule has 0 radical (unpaired) electrons. The molecule has 1 atom stereocenters. The Morgan fingerprint density at radius 2 is 1.62 bits per heavy atom. The van der Waals surface area contributed by atoms with Crippen molar-refractivity contribution in [3.05, 3.63) is 89.0 Å². The van der Waals surface area contributed by atoms with E-state index in [1.165, 1.54) is 0 Å². The lowest BCUT2D eigenvalue weighted by atomic mass is 9.83. The molecule has 1 aliphatic rings. The number of fused-ring (bicyclic) bond motifs is 1. The summed E-state index contributed by atoms with van der Waals surface area (Å²) in [5, 5.41) is 20.9. The van der Waals surface area contributed by atoms with E-state index in [1.807, 2.05) is 60.7 Å². The quantitative estimate of drug-likeness (QED) is 0.386. The Bertz CT molecular complexity index is 1060. The number of ketones is 1. The number of rotatable bonds is 5. The number of carbonyl (C=O) groups excluding carboxylic acids is 2. The maximum absolute atomic E-state index is 12.9. The standard InChI is InChI=1S/C24H20O5/c25-18(12-11-15-7-3-1-4-8-15)23-20(27)14-19(26)22-17(13-21(28)29-24(22)23)16-9-5-2-6-10-16/h1-10,14,17,26-27H,11-13H2/t17-/m0/s1. The zero-order valence-corrected chi connectivity index (χ0v) is 15.7. The van der Waals surface area contributed by atoms with Gasteiger partial charge >= 0.3 is 5.97 Å². The molecule has 0 saturated heterocycles. The Balaban J connectivity index is 1.74. The molecule has 0 aliphatic carbocycles. The van der Waals surface area contributed by atoms with Crippen molar-refractivity contribution in [2.75, 3.05) is 0 Å². The van der Waals surface area contributed by atoms with E-state index < -0.39 is 11.9 Å². The molecule has 0 saturated carbocycles. The molecule has 0 amide bonds. The van der Waals surface area contributed by atoms with Gasteiger partial charge in [-0.2, -0.15) is 0 Å². The fourth-order valence-electron chi connectivity index (χ4n) is 3.78. The number of esters is 1. The van der Waals surface area contributed by atoms with E-state index in [9.17, 15) is 19.8 Å². The highest BCUT2D eigenvalue weighted by Gasteiger charge is 2.36. The number of aryl methyl sites for hydroxylation is 1. The van der Waals surface area contributed by atoms with E-state index in [4.69, 9.17) is 4.74 Å². The number of ether oxygens (including phenoxy) is 1. The number of aromatic hydroxyl groups is 2. The monoisotopic (exact) mass is 388 g/mol. The zero-order valence-electron chi connectivity index (χ0n) is 15.7. The number of hydrogen-bond acceptors (Lipinski definition) is 5. The third-order valence-electron chi connectivity index (χ3n) is 5.18. The number of Topliss-reactive ketones (excluding diaryl/α,β-unsaturated/α-hetero) is 1. The normalized spacial score (nSPS) is 15.4. The maximum atomic E-state index is 12.9. The van der Waals surface area contributed by atoms with Gasteiger partial charge in [0.2, 0.25) is 0 Å². The van der Waals surface area contributed by atoms with Crippen molar-refractivity contribution >= 4 is 11.8 Å². The smallest absolute Gasteiger partial charge is 0.312 e. The SMILES string of the molecule is O=C1C[C@@H](c2ccccc2)c2c(O)cc(O)c(C(=O)CCc3ccccc3)c2O1. The van der Waals surface area contributed by atoms with E-state index in [1.54, 1.807) is 0 Å². The lowest BCUT2D eigenvalue weighted by Gasteiger charge is -2.27. The van der Waals surface area contributed by atoms with Crippen molar-refractivity contribution < 1.29 is 24.5 Å². The third-order valence-corrected chi connectivity index (χ3v) is 5.18. The molecule has 146 valence electrons. The highest BCUT2D eigenvalue weighted by atomic mass is 16.5. The molecule has 29 heavy (non-hydrogen) atoms. The van der Waals surface area contributed by atoms with Gasteiger partial charge in [0, 0.05) is 24.0 Å². The van der Waals surface area contributed by atoms with Gasteiger partial charge in [0.15, 0.2) is 11.5 Å². The molecule has 5 nitrogen and oxygen atoms in total. The van der Waals surface area contributed by atoms with Crippen LogP contribution in [0.15, 0.2) is 66.7 Å². The van der Waals surface area contributed by atoms with Crippen LogP contribution in [0, 0.1) is 0 Å². The van der Waals surface area contributed by atoms with E-state index in [-0.39, 0.29) is 41.4 Å². The van der Waals surface area contributed by atoms with Crippen LogP contribution in [0.5, 0.6) is 17.2 Å². The molecule has 0 spiro atoms. The van der Waals surface area contributed by atoms with Crippen LogP contribution in [-0.4, -0.2) is 22.0 Å². The van der Waals surface area contributed by atoms with Crippen molar-refractivity contribution in [1.82, 2.24) is 0 Å². The van der Waals surface area contributed by atoms with E-state index in [2.05, 4.69) is 0 Å². The van der Waals surface area contributed by atoms with Gasteiger partial charge in [0.05, 0.1) is 6.42 Å². The molecular weight excluding hydrogens is 368 g/mol. The summed E-state index contributed by atoms with van der Waals surface area (Å²) in [6.45, 7) is 0. The molecule has 2 N–H and O–H groups in total. The summed E-state index contributed by atoms with van der Waals surface area (Å²) < 4.78 is 5.37. The molecule has 0 aromatic heterocycles. The minimum atomic E-state index is -0.506. The first-order valence-corrected chi connectivity index (χ1v) is 9.46. The summed E-state index contributed by atoms with van der Waals surface area (Å²) in [7, 11) is 0. The molecular formula is C24H20O5. The van der Waals surface area contributed by atoms with Crippen molar-refractivity contribution in [2.45, 2.75) is 25.2 Å². The van der Waals surface area contributed by atoms with Gasteiger partial charge in [-0.25, -0.2) is 0 Å². The second-order valence-electron chi connectivity index (χ2n) is 7.08. The second-order valence-corrected chi connectivity index (χ2v) is 7.08. The van der Waals surface area contributed by atoms with Crippen LogP contribution in [0.25, 0.3) is 0 Å². The summed E-state index contributed by atoms with van der Waals surface area (Å²) >= 11 is 0. The van der Waals surface area contributed by atoms with Crippen LogP contribution in [-0.2, 0) is 11.2 Å². The van der Waals surface area contributed by atoms with Crippen LogP contribution >= 0.6 is 0 Å². The number of phenolic OH excluding ortho intramolecular Hbond substituents is 2. The molecule has 1 aliphatic heterocycles. The molecule has 1 heterocycles. The largest absolute Gasteiger partial charge is 0.507 e. The summed E-state index contributed by atoms with van der Waals surface area (Å²) in [5.74, 6) is -1.92. The lowest BCUT2D eigenvalue weighted by molar-refractivity contribution is -0.135. The summed E-state index contributed by atoms with van der Waals surface area (Å²) in [4.78, 5) is 25.2. The molecule has 0 unspecified atom stereocenters. The first-order chi connectivity index (χ1) is 14.0. The van der Waals surface area contributed by atoms with Gasteiger partial charge in [-0.3, -0.25) is 9.59 Å². The van der Waals surface area contributed by atoms with Crippen molar-refractivity contribution in [3.63, 3.8) is 0 Å². The van der Waals surface area contributed by atoms with Crippen LogP contribution in [0.2, 0.25) is 0 Å². The zero-order chi connectivity index (χ0) is 20.4.